The molecule has 2 N–H and O–H groups in total. The second-order valence-electron chi connectivity index (χ2n) is 7.17. The topological polar surface area (TPSA) is 79.9 Å². The molecule has 4 rings (SSSR count). The Morgan fingerprint density at radius 1 is 1.09 bits per heavy atom. The molecule has 3 aromatic carbocycles. The van der Waals surface area contributed by atoms with E-state index in [0.717, 1.165) is 11.1 Å². The average molecular weight is 499 g/mol. The standard InChI is InChI=1S/C24H20Cl2N4O2S/c1-14-8-10-17(13-19(14)26)27-23(31)21(15-6-4-3-5-7-15)33-24-28-22(29-30-24)18-12-16(25)9-11-20(18)32-2/h3-13,21H,1-2H3,(H,27,31)(H,28,29,30). The third kappa shape index (κ3) is 5.50. The number of ether oxygens (including phenoxy) is 1. The average Bonchev–Trinajstić information content (AvgIpc) is 3.29. The van der Waals surface area contributed by atoms with Crippen molar-refractivity contribution in [3.63, 3.8) is 0 Å². The lowest BCUT2D eigenvalue weighted by Crippen LogP contribution is -2.19. The van der Waals surface area contributed by atoms with Crippen LogP contribution in [0.4, 0.5) is 5.69 Å². The minimum atomic E-state index is -0.587. The first-order valence-corrected chi connectivity index (χ1v) is 11.6. The Morgan fingerprint density at radius 3 is 2.61 bits per heavy atom. The summed E-state index contributed by atoms with van der Waals surface area (Å²) in [4.78, 5) is 17.8. The number of amides is 1. The Labute approximate surface area is 205 Å². The van der Waals surface area contributed by atoms with Crippen molar-refractivity contribution in [2.45, 2.75) is 17.3 Å². The van der Waals surface area contributed by atoms with Gasteiger partial charge in [-0.05, 0) is 48.4 Å². The van der Waals surface area contributed by atoms with Crippen LogP contribution in [0, 0.1) is 6.92 Å². The second kappa shape index (κ2) is 10.3. The van der Waals surface area contributed by atoms with Crippen molar-refractivity contribution in [1.82, 2.24) is 15.2 Å². The molecule has 1 atom stereocenters. The minimum Gasteiger partial charge on any atom is -0.496 e. The van der Waals surface area contributed by atoms with E-state index in [-0.39, 0.29) is 5.91 Å². The predicted octanol–water partition coefficient (Wildman–Crippen LogP) is 6.57. The molecule has 0 saturated carbocycles. The van der Waals surface area contributed by atoms with E-state index in [0.29, 0.717) is 38.0 Å². The molecule has 168 valence electrons. The van der Waals surface area contributed by atoms with E-state index in [1.165, 1.54) is 11.8 Å². The van der Waals surface area contributed by atoms with Gasteiger partial charge in [0.25, 0.3) is 0 Å². The third-order valence-electron chi connectivity index (χ3n) is 4.88. The number of H-pyrrole nitrogens is 1. The number of rotatable bonds is 7. The SMILES string of the molecule is COc1ccc(Cl)cc1-c1nc(SC(C(=O)Nc2ccc(C)c(Cl)c2)c2ccccc2)n[nH]1. The van der Waals surface area contributed by atoms with Gasteiger partial charge in [-0.2, -0.15) is 0 Å². The van der Waals surface area contributed by atoms with Crippen molar-refractivity contribution in [3.8, 4) is 17.1 Å². The largest absolute Gasteiger partial charge is 0.496 e. The fourth-order valence-electron chi connectivity index (χ4n) is 3.17. The van der Waals surface area contributed by atoms with Crippen molar-refractivity contribution >= 4 is 46.6 Å². The summed E-state index contributed by atoms with van der Waals surface area (Å²) in [5, 5.41) is 11.1. The number of aryl methyl sites for hydroxylation is 1. The van der Waals surface area contributed by atoms with Gasteiger partial charge in [0.2, 0.25) is 11.1 Å². The Hall–Kier alpha value is -3.00. The van der Waals surface area contributed by atoms with E-state index in [9.17, 15) is 4.79 Å². The van der Waals surface area contributed by atoms with Gasteiger partial charge in [0, 0.05) is 15.7 Å². The summed E-state index contributed by atoms with van der Waals surface area (Å²) < 4.78 is 5.41. The zero-order valence-electron chi connectivity index (χ0n) is 17.8. The number of aromatic amines is 1. The van der Waals surface area contributed by atoms with Gasteiger partial charge in [0.05, 0.1) is 12.7 Å². The molecule has 0 aliphatic carbocycles. The number of methoxy groups -OCH3 is 1. The van der Waals surface area contributed by atoms with E-state index in [1.807, 2.05) is 49.4 Å². The molecule has 9 heteroatoms. The first-order chi connectivity index (χ1) is 15.9. The molecule has 0 bridgehead atoms. The Balaban J connectivity index is 1.61. The Bertz CT molecular complexity index is 1280. The lowest BCUT2D eigenvalue weighted by molar-refractivity contribution is -0.115. The van der Waals surface area contributed by atoms with Gasteiger partial charge in [-0.25, -0.2) is 4.98 Å². The summed E-state index contributed by atoms with van der Waals surface area (Å²) in [6, 6.07) is 20.1. The maximum atomic E-state index is 13.3. The lowest BCUT2D eigenvalue weighted by Gasteiger charge is -2.16. The van der Waals surface area contributed by atoms with E-state index in [1.54, 1.807) is 31.4 Å². The van der Waals surface area contributed by atoms with Crippen LogP contribution in [0.5, 0.6) is 5.75 Å². The maximum Gasteiger partial charge on any atom is 0.242 e. The van der Waals surface area contributed by atoms with Crippen LogP contribution in [0.2, 0.25) is 10.0 Å². The molecule has 1 unspecified atom stereocenters. The molecule has 0 fully saturated rings. The van der Waals surface area contributed by atoms with Crippen LogP contribution in [-0.4, -0.2) is 28.2 Å². The summed E-state index contributed by atoms with van der Waals surface area (Å²) >= 11 is 13.6. The van der Waals surface area contributed by atoms with Crippen molar-refractivity contribution in [1.29, 1.82) is 0 Å². The number of nitrogens with zero attached hydrogens (tertiary/aromatic N) is 2. The quantitative estimate of drug-likeness (QED) is 0.281. The number of carbonyl (C=O) groups excluding carboxylic acids is 1. The zero-order chi connectivity index (χ0) is 23.4. The molecule has 6 nitrogen and oxygen atoms in total. The molecule has 0 aliphatic heterocycles. The molecule has 0 spiro atoms. The third-order valence-corrected chi connectivity index (χ3v) is 6.64. The highest BCUT2D eigenvalue weighted by molar-refractivity contribution is 8.00. The Kier molecular flexibility index (Phi) is 7.23. The maximum absolute atomic E-state index is 13.3. The first kappa shape index (κ1) is 23.2. The fourth-order valence-corrected chi connectivity index (χ4v) is 4.43. The summed E-state index contributed by atoms with van der Waals surface area (Å²) in [6.07, 6.45) is 0. The number of thioether (sulfide) groups is 1. The van der Waals surface area contributed by atoms with Gasteiger partial charge >= 0.3 is 0 Å². The van der Waals surface area contributed by atoms with Crippen molar-refractivity contribution < 1.29 is 9.53 Å². The summed E-state index contributed by atoms with van der Waals surface area (Å²) in [6.45, 7) is 1.91. The van der Waals surface area contributed by atoms with Crippen LogP contribution in [0.25, 0.3) is 11.4 Å². The monoisotopic (exact) mass is 498 g/mol. The predicted molar refractivity (Wildman–Crippen MR) is 133 cm³/mol. The highest BCUT2D eigenvalue weighted by Gasteiger charge is 2.25. The summed E-state index contributed by atoms with van der Waals surface area (Å²) in [5.41, 5.74) is 3.06. The normalized spacial score (nSPS) is 11.8. The van der Waals surface area contributed by atoms with E-state index < -0.39 is 5.25 Å². The molecule has 0 radical (unpaired) electrons. The minimum absolute atomic E-state index is 0.210. The highest BCUT2D eigenvalue weighted by atomic mass is 35.5. The van der Waals surface area contributed by atoms with Crippen LogP contribution in [0.1, 0.15) is 16.4 Å². The van der Waals surface area contributed by atoms with Crippen molar-refractivity contribution in [2.24, 2.45) is 0 Å². The molecule has 1 heterocycles. The van der Waals surface area contributed by atoms with Crippen LogP contribution in [-0.2, 0) is 4.79 Å². The number of halogens is 2. The van der Waals surface area contributed by atoms with Crippen LogP contribution in [0.3, 0.4) is 0 Å². The number of carbonyl (C=O) groups is 1. The molecule has 1 amide bonds. The van der Waals surface area contributed by atoms with Gasteiger partial charge in [-0.1, -0.05) is 71.4 Å². The van der Waals surface area contributed by atoms with Gasteiger partial charge in [-0.3, -0.25) is 9.89 Å². The van der Waals surface area contributed by atoms with Gasteiger partial charge in [0.15, 0.2) is 5.82 Å². The number of hydrogen-bond donors (Lipinski definition) is 2. The van der Waals surface area contributed by atoms with Crippen LogP contribution >= 0.6 is 35.0 Å². The number of nitrogens with one attached hydrogen (secondary N) is 2. The first-order valence-electron chi connectivity index (χ1n) is 9.99. The van der Waals surface area contributed by atoms with Gasteiger partial charge in [-0.15, -0.1) is 5.10 Å². The number of anilines is 1. The van der Waals surface area contributed by atoms with E-state index in [2.05, 4.69) is 20.5 Å². The van der Waals surface area contributed by atoms with E-state index in [4.69, 9.17) is 27.9 Å². The summed E-state index contributed by atoms with van der Waals surface area (Å²) in [5.74, 6) is 0.896. The van der Waals surface area contributed by atoms with Crippen molar-refractivity contribution in [3.05, 3.63) is 87.9 Å². The molecule has 0 aliphatic rings. The second-order valence-corrected chi connectivity index (χ2v) is 9.09. The number of benzene rings is 3. The van der Waals surface area contributed by atoms with Gasteiger partial charge < -0.3 is 10.1 Å². The molecule has 1 aromatic heterocycles. The lowest BCUT2D eigenvalue weighted by atomic mass is 10.1. The van der Waals surface area contributed by atoms with Crippen molar-refractivity contribution in [2.75, 3.05) is 12.4 Å². The molecule has 33 heavy (non-hydrogen) atoms. The molecule has 0 saturated heterocycles. The number of hydrogen-bond acceptors (Lipinski definition) is 5. The van der Waals surface area contributed by atoms with Crippen LogP contribution < -0.4 is 10.1 Å². The number of aromatic nitrogens is 3. The zero-order valence-corrected chi connectivity index (χ0v) is 20.1. The highest BCUT2D eigenvalue weighted by Crippen LogP contribution is 2.37. The van der Waals surface area contributed by atoms with Crippen LogP contribution in [0.15, 0.2) is 71.9 Å². The molecule has 4 aromatic rings. The molecular weight excluding hydrogens is 479 g/mol. The summed E-state index contributed by atoms with van der Waals surface area (Å²) in [7, 11) is 1.58. The molecular formula is C24H20Cl2N4O2S. The Morgan fingerprint density at radius 2 is 1.88 bits per heavy atom. The van der Waals surface area contributed by atoms with E-state index >= 15 is 0 Å². The smallest absolute Gasteiger partial charge is 0.242 e. The fraction of sp³-hybridized carbons (Fsp3) is 0.125. The van der Waals surface area contributed by atoms with Gasteiger partial charge in [0.1, 0.15) is 11.0 Å².